The normalized spacial score (nSPS) is 13.8. The number of carboxylic acids is 1. The third kappa shape index (κ3) is 3.21. The first kappa shape index (κ1) is 14.5. The van der Waals surface area contributed by atoms with Crippen LogP contribution in [0.15, 0.2) is 18.2 Å². The molecule has 0 heterocycles. The molecule has 0 radical (unpaired) electrons. The Morgan fingerprint density at radius 3 is 2.61 bits per heavy atom. The van der Waals surface area contributed by atoms with Crippen LogP contribution in [0, 0.1) is 0 Å². The van der Waals surface area contributed by atoms with E-state index in [1.54, 1.807) is 13.8 Å². The van der Waals surface area contributed by atoms with E-state index in [0.29, 0.717) is 6.42 Å². The maximum absolute atomic E-state index is 11.9. The Kier molecular flexibility index (Phi) is 4.32. The molecule has 98 valence electrons. The van der Waals surface area contributed by atoms with Gasteiger partial charge < -0.3 is 16.2 Å². The molecule has 1 atom stereocenters. The molecule has 18 heavy (non-hydrogen) atoms. The van der Waals surface area contributed by atoms with Gasteiger partial charge in [0.15, 0.2) is 0 Å². The van der Waals surface area contributed by atoms with Crippen molar-refractivity contribution < 1.29 is 14.7 Å². The average molecular weight is 271 g/mol. The Morgan fingerprint density at radius 1 is 1.50 bits per heavy atom. The first-order valence-electron chi connectivity index (χ1n) is 5.41. The minimum atomic E-state index is -1.09. The molecule has 1 aromatic carbocycles. The highest BCUT2D eigenvalue weighted by molar-refractivity contribution is 6.34. The molecule has 0 fully saturated rings. The number of carbonyl (C=O) groups is 2. The Bertz CT molecular complexity index is 486. The topological polar surface area (TPSA) is 92.4 Å². The van der Waals surface area contributed by atoms with Crippen molar-refractivity contribution in [2.75, 3.05) is 5.32 Å². The van der Waals surface area contributed by atoms with Crippen LogP contribution in [0.2, 0.25) is 5.02 Å². The van der Waals surface area contributed by atoms with Crippen LogP contribution in [0.3, 0.4) is 0 Å². The number of rotatable bonds is 4. The van der Waals surface area contributed by atoms with E-state index >= 15 is 0 Å². The van der Waals surface area contributed by atoms with Crippen LogP contribution >= 0.6 is 11.6 Å². The molecule has 1 amide bonds. The third-order valence-corrected chi connectivity index (χ3v) is 3.04. The van der Waals surface area contributed by atoms with Crippen LogP contribution in [0.1, 0.15) is 30.6 Å². The lowest BCUT2D eigenvalue weighted by Gasteiger charge is -2.22. The average Bonchev–Trinajstić information content (AvgIpc) is 2.31. The number of amides is 1. The predicted molar refractivity (Wildman–Crippen MR) is 69.9 cm³/mol. The summed E-state index contributed by atoms with van der Waals surface area (Å²) in [6, 6.07) is 4.08. The van der Waals surface area contributed by atoms with Gasteiger partial charge in [0.1, 0.15) is 0 Å². The summed E-state index contributed by atoms with van der Waals surface area (Å²) in [6.07, 6.45) is 0.453. The molecular formula is C12H15ClN2O3. The summed E-state index contributed by atoms with van der Waals surface area (Å²) in [5.41, 5.74) is 5.05. The summed E-state index contributed by atoms with van der Waals surface area (Å²) < 4.78 is 0. The van der Waals surface area contributed by atoms with Gasteiger partial charge in [-0.3, -0.25) is 4.79 Å². The predicted octanol–water partition coefficient (Wildman–Crippen LogP) is 2.10. The van der Waals surface area contributed by atoms with E-state index < -0.39 is 17.4 Å². The molecule has 6 heteroatoms. The van der Waals surface area contributed by atoms with Gasteiger partial charge in [0, 0.05) is 0 Å². The maximum Gasteiger partial charge on any atom is 0.335 e. The highest BCUT2D eigenvalue weighted by Crippen LogP contribution is 2.24. The van der Waals surface area contributed by atoms with Gasteiger partial charge in [-0.05, 0) is 31.5 Å². The Labute approximate surface area is 110 Å². The standard InChI is InChI=1S/C12H15ClN2O3/c1-3-12(2,14)11(18)15-9-6-7(10(16)17)4-5-8(9)13/h4-6H,3,14H2,1-2H3,(H,15,18)(H,16,17). The second kappa shape index (κ2) is 5.37. The largest absolute Gasteiger partial charge is 0.478 e. The Balaban J connectivity index is 3.01. The number of carboxylic acid groups (broad SMARTS) is 1. The van der Waals surface area contributed by atoms with Gasteiger partial charge in [-0.1, -0.05) is 18.5 Å². The molecule has 0 aromatic heterocycles. The number of hydrogen-bond acceptors (Lipinski definition) is 3. The zero-order valence-corrected chi connectivity index (χ0v) is 10.9. The summed E-state index contributed by atoms with van der Waals surface area (Å²) in [5.74, 6) is -1.50. The summed E-state index contributed by atoms with van der Waals surface area (Å²) in [5, 5.41) is 11.7. The summed E-state index contributed by atoms with van der Waals surface area (Å²) >= 11 is 5.89. The number of benzene rings is 1. The van der Waals surface area contributed by atoms with Crippen molar-refractivity contribution in [3.8, 4) is 0 Å². The molecule has 0 aliphatic rings. The van der Waals surface area contributed by atoms with E-state index in [-0.39, 0.29) is 16.3 Å². The minimum absolute atomic E-state index is 0.0462. The zero-order valence-electron chi connectivity index (χ0n) is 10.2. The van der Waals surface area contributed by atoms with Crippen molar-refractivity contribution in [2.45, 2.75) is 25.8 Å². The molecule has 1 rings (SSSR count). The second-order valence-electron chi connectivity index (χ2n) is 4.22. The van der Waals surface area contributed by atoms with Crippen molar-refractivity contribution in [3.63, 3.8) is 0 Å². The van der Waals surface area contributed by atoms with E-state index in [2.05, 4.69) is 5.32 Å². The van der Waals surface area contributed by atoms with Crippen molar-refractivity contribution in [3.05, 3.63) is 28.8 Å². The van der Waals surface area contributed by atoms with E-state index in [1.165, 1.54) is 18.2 Å². The molecule has 0 bridgehead atoms. The molecular weight excluding hydrogens is 256 g/mol. The lowest BCUT2D eigenvalue weighted by Crippen LogP contribution is -2.47. The van der Waals surface area contributed by atoms with Crippen LogP contribution in [-0.4, -0.2) is 22.5 Å². The molecule has 0 aliphatic carbocycles. The highest BCUT2D eigenvalue weighted by atomic mass is 35.5. The van der Waals surface area contributed by atoms with Gasteiger partial charge in [0.05, 0.1) is 21.8 Å². The second-order valence-corrected chi connectivity index (χ2v) is 4.63. The van der Waals surface area contributed by atoms with E-state index in [1.807, 2.05) is 0 Å². The number of halogens is 1. The molecule has 4 N–H and O–H groups in total. The van der Waals surface area contributed by atoms with Crippen molar-refractivity contribution in [1.82, 2.24) is 0 Å². The zero-order chi connectivity index (χ0) is 13.9. The Hall–Kier alpha value is -1.59. The Morgan fingerprint density at radius 2 is 2.11 bits per heavy atom. The van der Waals surface area contributed by atoms with E-state index in [0.717, 1.165) is 0 Å². The smallest absolute Gasteiger partial charge is 0.335 e. The first-order valence-corrected chi connectivity index (χ1v) is 5.79. The molecule has 5 nitrogen and oxygen atoms in total. The van der Waals surface area contributed by atoms with Crippen LogP contribution in [-0.2, 0) is 4.79 Å². The molecule has 0 saturated heterocycles. The SMILES string of the molecule is CCC(C)(N)C(=O)Nc1cc(C(=O)O)ccc1Cl. The molecule has 0 saturated carbocycles. The van der Waals surface area contributed by atoms with Crippen LogP contribution in [0.25, 0.3) is 0 Å². The van der Waals surface area contributed by atoms with Crippen molar-refractivity contribution in [1.29, 1.82) is 0 Å². The van der Waals surface area contributed by atoms with Gasteiger partial charge in [-0.15, -0.1) is 0 Å². The number of nitrogens with one attached hydrogen (secondary N) is 1. The quantitative estimate of drug-likeness (QED) is 0.781. The number of nitrogens with two attached hydrogens (primary N) is 1. The number of aromatic carboxylic acids is 1. The summed E-state index contributed by atoms with van der Waals surface area (Å²) in [7, 11) is 0. The van der Waals surface area contributed by atoms with Gasteiger partial charge in [0.25, 0.3) is 0 Å². The summed E-state index contributed by atoms with van der Waals surface area (Å²) in [4.78, 5) is 22.7. The van der Waals surface area contributed by atoms with E-state index in [9.17, 15) is 9.59 Å². The molecule has 0 aliphatic heterocycles. The fraction of sp³-hybridized carbons (Fsp3) is 0.333. The molecule has 0 spiro atoms. The van der Waals surface area contributed by atoms with Gasteiger partial charge >= 0.3 is 5.97 Å². The van der Waals surface area contributed by atoms with Gasteiger partial charge in [-0.25, -0.2) is 4.79 Å². The van der Waals surface area contributed by atoms with Gasteiger partial charge in [0.2, 0.25) is 5.91 Å². The third-order valence-electron chi connectivity index (χ3n) is 2.71. The van der Waals surface area contributed by atoms with Gasteiger partial charge in [-0.2, -0.15) is 0 Å². The summed E-state index contributed by atoms with van der Waals surface area (Å²) in [6.45, 7) is 3.38. The van der Waals surface area contributed by atoms with E-state index in [4.69, 9.17) is 22.4 Å². The molecule has 1 aromatic rings. The number of hydrogen-bond donors (Lipinski definition) is 3. The van der Waals surface area contributed by atoms with Crippen molar-refractivity contribution in [2.24, 2.45) is 5.73 Å². The lowest BCUT2D eigenvalue weighted by molar-refractivity contribution is -0.120. The minimum Gasteiger partial charge on any atom is -0.478 e. The molecule has 1 unspecified atom stereocenters. The lowest BCUT2D eigenvalue weighted by atomic mass is 9.99. The van der Waals surface area contributed by atoms with Crippen LogP contribution in [0.5, 0.6) is 0 Å². The van der Waals surface area contributed by atoms with Crippen LogP contribution in [0.4, 0.5) is 5.69 Å². The highest BCUT2D eigenvalue weighted by Gasteiger charge is 2.26. The number of anilines is 1. The van der Waals surface area contributed by atoms with Crippen molar-refractivity contribution >= 4 is 29.2 Å². The fourth-order valence-electron chi connectivity index (χ4n) is 1.18. The van der Waals surface area contributed by atoms with Crippen LogP contribution < -0.4 is 11.1 Å². The maximum atomic E-state index is 11.9. The number of carbonyl (C=O) groups excluding carboxylic acids is 1. The fourth-order valence-corrected chi connectivity index (χ4v) is 1.34. The first-order chi connectivity index (χ1) is 8.27. The monoisotopic (exact) mass is 270 g/mol.